The molecule has 0 bridgehead atoms. The number of hydrogen-bond donors (Lipinski definition) is 3. The van der Waals surface area contributed by atoms with E-state index < -0.39 is 9.84 Å². The molecule has 0 atom stereocenters. The maximum atomic E-state index is 12.3. The van der Waals surface area contributed by atoms with E-state index in [9.17, 15) is 13.2 Å². The molecule has 3 rings (SSSR count). The summed E-state index contributed by atoms with van der Waals surface area (Å²) in [4.78, 5) is 19.4. The minimum Gasteiger partial charge on any atom is -0.383 e. The topological polar surface area (TPSA) is 141 Å². The number of hydrogen-bond acceptors (Lipinski definition) is 6. The van der Waals surface area contributed by atoms with Gasteiger partial charge in [0.25, 0.3) is 5.56 Å². The van der Waals surface area contributed by atoms with Crippen molar-refractivity contribution in [3.63, 3.8) is 0 Å². The van der Waals surface area contributed by atoms with E-state index in [-0.39, 0.29) is 16.3 Å². The van der Waals surface area contributed by atoms with Crippen LogP contribution in [0.4, 0.5) is 11.4 Å². The first-order valence-corrected chi connectivity index (χ1v) is 11.1. The lowest BCUT2D eigenvalue weighted by atomic mass is 10.1. The molecule has 8 nitrogen and oxygen atoms in total. The molecule has 0 amide bonds. The van der Waals surface area contributed by atoms with Crippen LogP contribution in [0, 0.1) is 11.3 Å². The molecular weight excluding hydrogens is 390 g/mol. The standard InChI is InChI=1S/C18H22N4O3S.C2H3N/c1-26(24,25)14-8-6-13(7-9-14)22-17(19)16-15(10-11-20-18(16)23)21-12-4-2-3-5-12;1-2-3/h6-12H,2-5H2,1H3,(H2,19,22)(H2,20,21,23);1H3. The Balaban J connectivity index is 0.000000941. The number of amidine groups is 1. The second-order valence-corrected chi connectivity index (χ2v) is 8.72. The quantitative estimate of drug-likeness (QED) is 0.506. The van der Waals surface area contributed by atoms with Gasteiger partial charge in [0.05, 0.1) is 22.3 Å². The van der Waals surface area contributed by atoms with Gasteiger partial charge in [-0.2, -0.15) is 5.26 Å². The summed E-state index contributed by atoms with van der Waals surface area (Å²) in [5.41, 5.74) is 7.22. The van der Waals surface area contributed by atoms with Gasteiger partial charge in [-0.25, -0.2) is 13.4 Å². The zero-order chi connectivity index (χ0) is 21.4. The van der Waals surface area contributed by atoms with Crippen LogP contribution in [0.2, 0.25) is 0 Å². The summed E-state index contributed by atoms with van der Waals surface area (Å²) in [7, 11) is -3.27. The lowest BCUT2D eigenvalue weighted by Gasteiger charge is -2.16. The Hall–Kier alpha value is -3.12. The summed E-state index contributed by atoms with van der Waals surface area (Å²) in [6, 6.07) is 9.92. The van der Waals surface area contributed by atoms with Gasteiger partial charge in [-0.15, -0.1) is 0 Å². The molecule has 0 radical (unpaired) electrons. The average molecular weight is 416 g/mol. The monoisotopic (exact) mass is 415 g/mol. The van der Waals surface area contributed by atoms with Gasteiger partial charge < -0.3 is 16.0 Å². The van der Waals surface area contributed by atoms with Gasteiger partial charge in [0.15, 0.2) is 9.84 Å². The number of benzene rings is 1. The lowest BCUT2D eigenvalue weighted by Crippen LogP contribution is -2.28. The lowest BCUT2D eigenvalue weighted by molar-refractivity contribution is 0.602. The third-order valence-electron chi connectivity index (χ3n) is 4.45. The molecule has 9 heteroatoms. The van der Waals surface area contributed by atoms with Gasteiger partial charge in [-0.3, -0.25) is 4.79 Å². The van der Waals surface area contributed by atoms with E-state index in [2.05, 4.69) is 15.3 Å². The number of pyridine rings is 1. The third-order valence-corrected chi connectivity index (χ3v) is 5.57. The van der Waals surface area contributed by atoms with Crippen LogP contribution in [0.15, 0.2) is 51.2 Å². The van der Waals surface area contributed by atoms with Gasteiger partial charge in [0.2, 0.25) is 0 Å². The fourth-order valence-corrected chi connectivity index (χ4v) is 3.74. The van der Waals surface area contributed by atoms with E-state index in [0.717, 1.165) is 19.1 Å². The Morgan fingerprint density at radius 2 is 1.83 bits per heavy atom. The Morgan fingerprint density at radius 3 is 2.38 bits per heavy atom. The number of nitrogens with one attached hydrogen (secondary N) is 2. The summed E-state index contributed by atoms with van der Waals surface area (Å²) >= 11 is 0. The van der Waals surface area contributed by atoms with Crippen molar-refractivity contribution in [3.8, 4) is 6.07 Å². The predicted octanol–water partition coefficient (Wildman–Crippen LogP) is 2.70. The van der Waals surface area contributed by atoms with E-state index in [4.69, 9.17) is 11.0 Å². The number of aromatic nitrogens is 1. The van der Waals surface area contributed by atoms with Crippen LogP contribution in [-0.2, 0) is 9.84 Å². The highest BCUT2D eigenvalue weighted by molar-refractivity contribution is 7.90. The number of H-pyrrole nitrogens is 1. The molecular formula is C20H25N5O3S. The third kappa shape index (κ3) is 6.19. The van der Waals surface area contributed by atoms with E-state index >= 15 is 0 Å². The maximum absolute atomic E-state index is 12.3. The van der Waals surface area contributed by atoms with Crippen LogP contribution >= 0.6 is 0 Å². The highest BCUT2D eigenvalue weighted by Crippen LogP contribution is 2.24. The second-order valence-electron chi connectivity index (χ2n) is 6.71. The Labute approximate surface area is 170 Å². The molecule has 0 aliphatic heterocycles. The first-order chi connectivity index (χ1) is 13.8. The summed E-state index contributed by atoms with van der Waals surface area (Å²) in [6.07, 6.45) is 7.20. The molecule has 0 unspecified atom stereocenters. The summed E-state index contributed by atoms with van der Waals surface area (Å²) in [5, 5.41) is 10.7. The molecule has 1 heterocycles. The van der Waals surface area contributed by atoms with E-state index in [1.54, 1.807) is 30.5 Å². The van der Waals surface area contributed by atoms with Gasteiger partial charge >= 0.3 is 0 Å². The van der Waals surface area contributed by atoms with E-state index in [0.29, 0.717) is 23.0 Å². The molecule has 1 fully saturated rings. The minimum absolute atomic E-state index is 0.0828. The van der Waals surface area contributed by atoms with Crippen molar-refractivity contribution in [1.82, 2.24) is 4.98 Å². The highest BCUT2D eigenvalue weighted by Gasteiger charge is 2.18. The summed E-state index contributed by atoms with van der Waals surface area (Å²) < 4.78 is 23.1. The van der Waals surface area contributed by atoms with Crippen molar-refractivity contribution in [2.45, 2.75) is 43.5 Å². The van der Waals surface area contributed by atoms with Crippen LogP contribution in [0.3, 0.4) is 0 Å². The number of rotatable bonds is 5. The number of nitrogens with two attached hydrogens (primary N) is 1. The smallest absolute Gasteiger partial charge is 0.261 e. The van der Waals surface area contributed by atoms with Gasteiger partial charge in [-0.1, -0.05) is 12.8 Å². The first-order valence-electron chi connectivity index (χ1n) is 9.20. The molecule has 0 saturated heterocycles. The molecule has 1 aromatic carbocycles. The fourth-order valence-electron chi connectivity index (χ4n) is 3.11. The minimum atomic E-state index is -3.27. The van der Waals surface area contributed by atoms with Crippen LogP contribution in [0.1, 0.15) is 38.2 Å². The normalized spacial score (nSPS) is 14.6. The summed E-state index contributed by atoms with van der Waals surface area (Å²) in [6.45, 7) is 1.43. The van der Waals surface area contributed by atoms with Crippen LogP contribution in [0.5, 0.6) is 0 Å². The Bertz CT molecular complexity index is 1060. The van der Waals surface area contributed by atoms with Gasteiger partial charge in [0, 0.05) is 25.4 Å². The maximum Gasteiger partial charge on any atom is 0.261 e. The number of anilines is 1. The van der Waals surface area contributed by atoms with E-state index in [1.807, 2.05) is 0 Å². The second kappa shape index (κ2) is 9.89. The number of sulfone groups is 1. The zero-order valence-corrected chi connectivity index (χ0v) is 17.3. The predicted molar refractivity (Wildman–Crippen MR) is 114 cm³/mol. The first kappa shape index (κ1) is 22.2. The van der Waals surface area contributed by atoms with Crippen molar-refractivity contribution in [2.75, 3.05) is 11.6 Å². The van der Waals surface area contributed by atoms with Crippen LogP contribution < -0.4 is 16.6 Å². The molecule has 1 aliphatic carbocycles. The van der Waals surface area contributed by atoms with Crippen molar-refractivity contribution in [2.24, 2.45) is 10.7 Å². The summed E-state index contributed by atoms with van der Waals surface area (Å²) in [5.74, 6) is 0.0828. The molecule has 4 N–H and O–H groups in total. The van der Waals surface area contributed by atoms with Gasteiger partial charge in [-0.05, 0) is 43.2 Å². The van der Waals surface area contributed by atoms with Crippen molar-refractivity contribution in [1.29, 1.82) is 5.26 Å². The number of nitriles is 1. The molecule has 1 aliphatic rings. The van der Waals surface area contributed by atoms with Crippen molar-refractivity contribution >= 4 is 27.0 Å². The molecule has 0 spiro atoms. The highest BCUT2D eigenvalue weighted by atomic mass is 32.2. The number of nitrogens with zero attached hydrogens (tertiary/aromatic N) is 2. The SMILES string of the molecule is CC#N.CS(=O)(=O)c1ccc(N=C(N)c2c(NC3CCCC3)cc[nH]c2=O)cc1. The molecule has 1 aromatic heterocycles. The molecule has 154 valence electrons. The fraction of sp³-hybridized carbons (Fsp3) is 0.350. The van der Waals surface area contributed by atoms with E-state index in [1.165, 1.54) is 31.9 Å². The van der Waals surface area contributed by atoms with Gasteiger partial charge in [0.1, 0.15) is 11.4 Å². The van der Waals surface area contributed by atoms with Crippen molar-refractivity contribution in [3.05, 3.63) is 52.4 Å². The Kier molecular flexibility index (Phi) is 7.56. The molecule has 29 heavy (non-hydrogen) atoms. The Morgan fingerprint density at radius 1 is 1.24 bits per heavy atom. The van der Waals surface area contributed by atoms with Crippen LogP contribution in [-0.4, -0.2) is 31.5 Å². The largest absolute Gasteiger partial charge is 0.383 e. The average Bonchev–Trinajstić information content (AvgIpc) is 3.15. The van der Waals surface area contributed by atoms with Crippen LogP contribution in [0.25, 0.3) is 0 Å². The molecule has 2 aromatic rings. The number of aromatic amines is 1. The number of aliphatic imine (C=N–C) groups is 1. The van der Waals surface area contributed by atoms with Crippen molar-refractivity contribution < 1.29 is 8.42 Å². The zero-order valence-electron chi connectivity index (χ0n) is 16.5. The molecule has 1 saturated carbocycles.